The van der Waals surface area contributed by atoms with E-state index in [0.29, 0.717) is 24.2 Å². The summed E-state index contributed by atoms with van der Waals surface area (Å²) in [5.74, 6) is 0.375. The molecule has 0 aliphatic carbocycles. The lowest BCUT2D eigenvalue weighted by Crippen LogP contribution is -2.07. The number of hydrogen-bond acceptors (Lipinski definition) is 3. The minimum Gasteiger partial charge on any atom is -0.489 e. The first kappa shape index (κ1) is 21.4. The van der Waals surface area contributed by atoms with Gasteiger partial charge in [-0.1, -0.05) is 48.5 Å². The average molecular weight is 414 g/mol. The van der Waals surface area contributed by atoms with Gasteiger partial charge in [0.05, 0.1) is 12.7 Å². The van der Waals surface area contributed by atoms with Crippen LogP contribution in [0.3, 0.4) is 0 Å². The molecule has 0 spiro atoms. The van der Waals surface area contributed by atoms with Gasteiger partial charge in [-0.15, -0.1) is 0 Å². The highest BCUT2D eigenvalue weighted by molar-refractivity contribution is 5.69. The van der Waals surface area contributed by atoms with Crippen LogP contribution in [0.15, 0.2) is 72.8 Å². The Hall–Kier alpha value is -3.28. The summed E-state index contributed by atoms with van der Waals surface area (Å²) in [6.07, 6.45) is -3.53. The Morgan fingerprint density at radius 1 is 0.900 bits per heavy atom. The Morgan fingerprint density at radius 2 is 1.63 bits per heavy atom. The molecule has 3 aromatic rings. The van der Waals surface area contributed by atoms with Crippen molar-refractivity contribution in [1.82, 2.24) is 0 Å². The van der Waals surface area contributed by atoms with Crippen molar-refractivity contribution in [3.05, 3.63) is 89.5 Å². The van der Waals surface area contributed by atoms with Crippen molar-refractivity contribution in [2.45, 2.75) is 25.6 Å². The van der Waals surface area contributed by atoms with Crippen LogP contribution in [0.4, 0.5) is 13.2 Å². The third kappa shape index (κ3) is 5.63. The number of alkyl halides is 3. The molecule has 0 saturated heterocycles. The zero-order chi connectivity index (χ0) is 21.6. The van der Waals surface area contributed by atoms with Crippen molar-refractivity contribution in [3.8, 4) is 16.9 Å². The van der Waals surface area contributed by atoms with Crippen LogP contribution in [0.1, 0.15) is 23.1 Å². The predicted octanol–water partition coefficient (Wildman–Crippen LogP) is 6.06. The molecule has 0 aliphatic rings. The summed E-state index contributed by atoms with van der Waals surface area (Å²) >= 11 is 0. The van der Waals surface area contributed by atoms with E-state index in [1.807, 2.05) is 18.2 Å². The lowest BCUT2D eigenvalue weighted by molar-refractivity contribution is -0.140. The molecule has 0 bridgehead atoms. The Balaban J connectivity index is 1.68. The summed E-state index contributed by atoms with van der Waals surface area (Å²) in [6, 6.07) is 19.8. The quantitative estimate of drug-likeness (QED) is 0.441. The van der Waals surface area contributed by atoms with E-state index in [1.54, 1.807) is 36.4 Å². The molecule has 0 aliphatic heterocycles. The fraction of sp³-hybridized carbons (Fsp3) is 0.208. The van der Waals surface area contributed by atoms with Gasteiger partial charge in [-0.3, -0.25) is 4.79 Å². The number of carbonyl (C=O) groups excluding carboxylic acids is 1. The second kappa shape index (κ2) is 9.48. The molecule has 156 valence electrons. The summed E-state index contributed by atoms with van der Waals surface area (Å²) in [4.78, 5) is 11.2. The standard InChI is InChI=1S/C24H21F3O3/c1-29-23(28)14-11-17-9-12-20(13-10-17)30-16-18-5-4-6-19(15-18)21-7-2-3-8-22(21)24(25,26)27/h2-10,12-13,15H,11,14,16H2,1H3. The zero-order valence-corrected chi connectivity index (χ0v) is 16.4. The third-order valence-corrected chi connectivity index (χ3v) is 4.64. The van der Waals surface area contributed by atoms with Crippen molar-refractivity contribution in [3.63, 3.8) is 0 Å². The highest BCUT2D eigenvalue weighted by Gasteiger charge is 2.33. The number of esters is 1. The summed E-state index contributed by atoms with van der Waals surface area (Å²) in [7, 11) is 1.36. The van der Waals surface area contributed by atoms with Gasteiger partial charge >= 0.3 is 12.1 Å². The number of carbonyl (C=O) groups is 1. The largest absolute Gasteiger partial charge is 0.489 e. The highest BCUT2D eigenvalue weighted by atomic mass is 19.4. The molecule has 30 heavy (non-hydrogen) atoms. The smallest absolute Gasteiger partial charge is 0.417 e. The summed E-state index contributed by atoms with van der Waals surface area (Å²) in [5, 5.41) is 0. The number of methoxy groups -OCH3 is 1. The zero-order valence-electron chi connectivity index (χ0n) is 16.4. The van der Waals surface area contributed by atoms with Crippen LogP contribution < -0.4 is 4.74 Å². The summed E-state index contributed by atoms with van der Waals surface area (Å²) < 4.78 is 50.3. The minimum absolute atomic E-state index is 0.141. The Bertz CT molecular complexity index is 995. The summed E-state index contributed by atoms with van der Waals surface area (Å²) in [6.45, 7) is 0.226. The molecule has 0 atom stereocenters. The van der Waals surface area contributed by atoms with E-state index in [-0.39, 0.29) is 18.1 Å². The molecule has 0 radical (unpaired) electrons. The first-order chi connectivity index (χ1) is 14.4. The van der Waals surface area contributed by atoms with Crippen LogP contribution in [0.2, 0.25) is 0 Å². The van der Waals surface area contributed by atoms with Crippen LogP contribution in [-0.4, -0.2) is 13.1 Å². The first-order valence-electron chi connectivity index (χ1n) is 9.41. The van der Waals surface area contributed by atoms with Gasteiger partial charge in [0.2, 0.25) is 0 Å². The Morgan fingerprint density at radius 3 is 2.33 bits per heavy atom. The SMILES string of the molecule is COC(=O)CCc1ccc(OCc2cccc(-c3ccccc3C(F)(F)F)c2)cc1. The number of hydrogen-bond donors (Lipinski definition) is 0. The van der Waals surface area contributed by atoms with E-state index >= 15 is 0 Å². The Kier molecular flexibility index (Phi) is 6.77. The van der Waals surface area contributed by atoms with Crippen LogP contribution in [-0.2, 0) is 28.7 Å². The van der Waals surface area contributed by atoms with Crippen molar-refractivity contribution in [2.75, 3.05) is 7.11 Å². The van der Waals surface area contributed by atoms with E-state index in [4.69, 9.17) is 4.74 Å². The first-order valence-corrected chi connectivity index (χ1v) is 9.41. The van der Waals surface area contributed by atoms with Gasteiger partial charge in [0.25, 0.3) is 0 Å². The number of halogens is 3. The number of ether oxygens (including phenoxy) is 2. The monoisotopic (exact) mass is 414 g/mol. The molecule has 0 heterocycles. The molecule has 3 rings (SSSR count). The van der Waals surface area contributed by atoms with E-state index in [2.05, 4.69) is 4.74 Å². The average Bonchev–Trinajstić information content (AvgIpc) is 2.76. The second-order valence-corrected chi connectivity index (χ2v) is 6.75. The molecule has 3 nitrogen and oxygen atoms in total. The van der Waals surface area contributed by atoms with Crippen molar-refractivity contribution >= 4 is 5.97 Å². The number of aryl methyl sites for hydroxylation is 1. The minimum atomic E-state index is -4.42. The van der Waals surface area contributed by atoms with Gasteiger partial charge in [0.15, 0.2) is 0 Å². The molecule has 0 unspecified atom stereocenters. The normalized spacial score (nSPS) is 11.2. The van der Waals surface area contributed by atoms with Gasteiger partial charge in [-0.05, 0) is 52.9 Å². The molecule has 0 N–H and O–H groups in total. The molecule has 0 saturated carbocycles. The van der Waals surface area contributed by atoms with Crippen molar-refractivity contribution in [1.29, 1.82) is 0 Å². The molecule has 0 fully saturated rings. The van der Waals surface area contributed by atoms with E-state index in [1.165, 1.54) is 19.2 Å². The number of benzene rings is 3. The fourth-order valence-corrected chi connectivity index (χ4v) is 3.08. The third-order valence-electron chi connectivity index (χ3n) is 4.64. The maximum Gasteiger partial charge on any atom is 0.417 e. The summed E-state index contributed by atoms with van der Waals surface area (Å²) in [5.41, 5.74) is 1.72. The van der Waals surface area contributed by atoms with Crippen molar-refractivity contribution < 1.29 is 27.4 Å². The van der Waals surface area contributed by atoms with Crippen LogP contribution in [0, 0.1) is 0 Å². The van der Waals surface area contributed by atoms with Gasteiger partial charge in [0, 0.05) is 6.42 Å². The van der Waals surface area contributed by atoms with Crippen LogP contribution in [0.25, 0.3) is 11.1 Å². The lowest BCUT2D eigenvalue weighted by atomic mass is 9.98. The topological polar surface area (TPSA) is 35.5 Å². The van der Waals surface area contributed by atoms with E-state index in [0.717, 1.165) is 17.2 Å². The molecular formula is C24H21F3O3. The second-order valence-electron chi connectivity index (χ2n) is 6.75. The maximum absolute atomic E-state index is 13.3. The lowest BCUT2D eigenvalue weighted by Gasteiger charge is -2.14. The van der Waals surface area contributed by atoms with Crippen LogP contribution >= 0.6 is 0 Å². The van der Waals surface area contributed by atoms with Gasteiger partial charge < -0.3 is 9.47 Å². The molecule has 0 aromatic heterocycles. The molecule has 6 heteroatoms. The van der Waals surface area contributed by atoms with Crippen LogP contribution in [0.5, 0.6) is 5.75 Å². The van der Waals surface area contributed by atoms with Gasteiger partial charge in [0.1, 0.15) is 12.4 Å². The predicted molar refractivity (Wildman–Crippen MR) is 108 cm³/mol. The van der Waals surface area contributed by atoms with Gasteiger partial charge in [-0.2, -0.15) is 13.2 Å². The molecular weight excluding hydrogens is 393 g/mol. The van der Waals surface area contributed by atoms with E-state index in [9.17, 15) is 18.0 Å². The maximum atomic E-state index is 13.3. The van der Waals surface area contributed by atoms with E-state index < -0.39 is 11.7 Å². The van der Waals surface area contributed by atoms with Gasteiger partial charge in [-0.25, -0.2) is 0 Å². The van der Waals surface area contributed by atoms with Crippen molar-refractivity contribution in [2.24, 2.45) is 0 Å². The number of rotatable bonds is 7. The molecule has 3 aromatic carbocycles. The molecule has 0 amide bonds. The Labute approximate surface area is 173 Å². The highest BCUT2D eigenvalue weighted by Crippen LogP contribution is 2.37. The fourth-order valence-electron chi connectivity index (χ4n) is 3.08.